The highest BCUT2D eigenvalue weighted by molar-refractivity contribution is 5.73. The topological polar surface area (TPSA) is 66.7 Å². The fourth-order valence-corrected chi connectivity index (χ4v) is 1.73. The SMILES string of the molecule is CCO[C@H](CCN(C)C)CNC(=O)NCc1ccco1. The number of urea groups is 1. The summed E-state index contributed by atoms with van der Waals surface area (Å²) in [7, 11) is 4.04. The smallest absolute Gasteiger partial charge is 0.315 e. The van der Waals surface area contributed by atoms with Crippen LogP contribution in [0.25, 0.3) is 0 Å². The van der Waals surface area contributed by atoms with Gasteiger partial charge in [-0.15, -0.1) is 0 Å². The van der Waals surface area contributed by atoms with Gasteiger partial charge in [0.25, 0.3) is 0 Å². The summed E-state index contributed by atoms with van der Waals surface area (Å²) in [6.45, 7) is 4.43. The van der Waals surface area contributed by atoms with Crippen LogP contribution in [0.2, 0.25) is 0 Å². The van der Waals surface area contributed by atoms with Crippen LogP contribution in [0.3, 0.4) is 0 Å². The lowest BCUT2D eigenvalue weighted by Crippen LogP contribution is -2.41. The molecule has 1 aromatic heterocycles. The predicted octanol–water partition coefficient (Wildman–Crippen LogP) is 1.44. The third kappa shape index (κ3) is 7.16. The molecule has 0 aromatic carbocycles. The molecule has 0 aliphatic heterocycles. The van der Waals surface area contributed by atoms with Gasteiger partial charge in [-0.05, 0) is 39.6 Å². The van der Waals surface area contributed by atoms with Gasteiger partial charge in [-0.3, -0.25) is 0 Å². The summed E-state index contributed by atoms with van der Waals surface area (Å²) in [5, 5.41) is 5.56. The second-order valence-electron chi connectivity index (χ2n) is 4.81. The zero-order valence-electron chi connectivity index (χ0n) is 12.5. The van der Waals surface area contributed by atoms with E-state index in [2.05, 4.69) is 15.5 Å². The second kappa shape index (κ2) is 9.39. The van der Waals surface area contributed by atoms with Crippen LogP contribution in [0.5, 0.6) is 0 Å². The van der Waals surface area contributed by atoms with E-state index in [0.29, 0.717) is 19.7 Å². The Morgan fingerprint density at radius 2 is 2.25 bits per heavy atom. The number of hydrogen-bond donors (Lipinski definition) is 2. The van der Waals surface area contributed by atoms with Crippen molar-refractivity contribution in [3.8, 4) is 0 Å². The van der Waals surface area contributed by atoms with Gasteiger partial charge in [0.15, 0.2) is 0 Å². The largest absolute Gasteiger partial charge is 0.467 e. The van der Waals surface area contributed by atoms with E-state index in [-0.39, 0.29) is 12.1 Å². The van der Waals surface area contributed by atoms with Gasteiger partial charge < -0.3 is 24.7 Å². The highest BCUT2D eigenvalue weighted by atomic mass is 16.5. The quantitative estimate of drug-likeness (QED) is 0.719. The minimum atomic E-state index is -0.212. The molecule has 2 amide bonds. The Morgan fingerprint density at radius 1 is 1.45 bits per heavy atom. The van der Waals surface area contributed by atoms with Crippen LogP contribution in [0.15, 0.2) is 22.8 Å². The molecule has 1 rings (SSSR count). The summed E-state index contributed by atoms with van der Waals surface area (Å²) in [5.41, 5.74) is 0. The Kier molecular flexibility index (Phi) is 7.75. The maximum absolute atomic E-state index is 11.7. The molecule has 6 heteroatoms. The van der Waals surface area contributed by atoms with Gasteiger partial charge in [0, 0.05) is 19.7 Å². The molecule has 0 radical (unpaired) electrons. The van der Waals surface area contributed by atoms with Gasteiger partial charge in [-0.25, -0.2) is 4.79 Å². The van der Waals surface area contributed by atoms with Crippen molar-refractivity contribution in [3.63, 3.8) is 0 Å². The second-order valence-corrected chi connectivity index (χ2v) is 4.81. The van der Waals surface area contributed by atoms with E-state index in [1.165, 1.54) is 0 Å². The molecule has 114 valence electrons. The molecule has 2 N–H and O–H groups in total. The number of nitrogens with zero attached hydrogens (tertiary/aromatic N) is 1. The molecule has 0 saturated carbocycles. The van der Waals surface area contributed by atoms with E-state index < -0.39 is 0 Å². The van der Waals surface area contributed by atoms with Gasteiger partial charge in [-0.1, -0.05) is 0 Å². The third-order valence-electron chi connectivity index (χ3n) is 2.79. The molecule has 0 aliphatic carbocycles. The van der Waals surface area contributed by atoms with Crippen molar-refractivity contribution in [1.29, 1.82) is 0 Å². The molecule has 1 atom stereocenters. The fourth-order valence-electron chi connectivity index (χ4n) is 1.73. The standard InChI is InChI=1S/C14H25N3O3/c1-4-19-13(7-8-17(2)3)11-16-14(18)15-10-12-6-5-9-20-12/h5-6,9,13H,4,7-8,10-11H2,1-3H3,(H2,15,16,18)/t13-/m1/s1. The molecule has 1 heterocycles. The molecule has 0 fully saturated rings. The van der Waals surface area contributed by atoms with Gasteiger partial charge in [0.2, 0.25) is 0 Å². The van der Waals surface area contributed by atoms with Crippen molar-refractivity contribution >= 4 is 6.03 Å². The van der Waals surface area contributed by atoms with Crippen LogP contribution in [-0.2, 0) is 11.3 Å². The van der Waals surface area contributed by atoms with E-state index >= 15 is 0 Å². The van der Waals surface area contributed by atoms with Gasteiger partial charge in [-0.2, -0.15) is 0 Å². The van der Waals surface area contributed by atoms with Crippen molar-refractivity contribution < 1.29 is 13.9 Å². The number of furan rings is 1. The Hall–Kier alpha value is -1.53. The number of carbonyl (C=O) groups excluding carboxylic acids is 1. The molecule has 1 aromatic rings. The molecule has 0 saturated heterocycles. The van der Waals surface area contributed by atoms with E-state index in [1.54, 1.807) is 12.3 Å². The first-order chi connectivity index (χ1) is 9.61. The maximum Gasteiger partial charge on any atom is 0.315 e. The lowest BCUT2D eigenvalue weighted by atomic mass is 10.2. The monoisotopic (exact) mass is 283 g/mol. The summed E-state index contributed by atoms with van der Waals surface area (Å²) in [4.78, 5) is 13.8. The Morgan fingerprint density at radius 3 is 2.85 bits per heavy atom. The Bertz CT molecular complexity index is 366. The number of rotatable bonds is 9. The number of carbonyl (C=O) groups is 1. The van der Waals surface area contributed by atoms with E-state index in [1.807, 2.05) is 27.1 Å². The van der Waals surface area contributed by atoms with Crippen LogP contribution in [0, 0.1) is 0 Å². The first kappa shape index (κ1) is 16.5. The van der Waals surface area contributed by atoms with Crippen LogP contribution in [0.1, 0.15) is 19.1 Å². The van der Waals surface area contributed by atoms with Gasteiger partial charge >= 0.3 is 6.03 Å². The minimum Gasteiger partial charge on any atom is -0.467 e. The average molecular weight is 283 g/mol. The van der Waals surface area contributed by atoms with Crippen molar-refractivity contribution in [2.75, 3.05) is 33.8 Å². The van der Waals surface area contributed by atoms with Crippen LogP contribution in [-0.4, -0.2) is 50.8 Å². The predicted molar refractivity (Wildman–Crippen MR) is 77.5 cm³/mol. The summed E-state index contributed by atoms with van der Waals surface area (Å²) < 4.78 is 10.7. The summed E-state index contributed by atoms with van der Waals surface area (Å²) in [6, 6.07) is 3.40. The summed E-state index contributed by atoms with van der Waals surface area (Å²) in [5.74, 6) is 0.731. The van der Waals surface area contributed by atoms with Crippen LogP contribution < -0.4 is 10.6 Å². The van der Waals surface area contributed by atoms with Gasteiger partial charge in [0.1, 0.15) is 5.76 Å². The maximum atomic E-state index is 11.7. The molecule has 20 heavy (non-hydrogen) atoms. The first-order valence-corrected chi connectivity index (χ1v) is 6.92. The van der Waals surface area contributed by atoms with E-state index in [9.17, 15) is 4.79 Å². The van der Waals surface area contributed by atoms with E-state index in [0.717, 1.165) is 18.7 Å². The molecular weight excluding hydrogens is 258 g/mol. The summed E-state index contributed by atoms with van der Waals surface area (Å²) in [6.07, 6.45) is 2.51. The highest BCUT2D eigenvalue weighted by Crippen LogP contribution is 2.00. The number of nitrogens with one attached hydrogen (secondary N) is 2. The summed E-state index contributed by atoms with van der Waals surface area (Å²) >= 11 is 0. The third-order valence-corrected chi connectivity index (χ3v) is 2.79. The Labute approximate surface area is 120 Å². The molecule has 6 nitrogen and oxygen atoms in total. The molecule has 0 unspecified atom stereocenters. The number of amides is 2. The zero-order chi connectivity index (χ0) is 14.8. The normalized spacial score (nSPS) is 12.4. The van der Waals surface area contributed by atoms with Crippen LogP contribution >= 0.6 is 0 Å². The van der Waals surface area contributed by atoms with Gasteiger partial charge in [0.05, 0.1) is 18.9 Å². The van der Waals surface area contributed by atoms with E-state index in [4.69, 9.17) is 9.15 Å². The zero-order valence-corrected chi connectivity index (χ0v) is 12.5. The Balaban J connectivity index is 2.21. The molecule has 0 bridgehead atoms. The molecule has 0 spiro atoms. The lowest BCUT2D eigenvalue weighted by Gasteiger charge is -2.19. The molecule has 0 aliphatic rings. The van der Waals surface area contributed by atoms with Crippen LogP contribution in [0.4, 0.5) is 4.79 Å². The molecular formula is C14H25N3O3. The lowest BCUT2D eigenvalue weighted by molar-refractivity contribution is 0.0534. The van der Waals surface area contributed by atoms with Crippen molar-refractivity contribution in [2.45, 2.75) is 26.0 Å². The van der Waals surface area contributed by atoms with Crippen molar-refractivity contribution in [1.82, 2.24) is 15.5 Å². The highest BCUT2D eigenvalue weighted by Gasteiger charge is 2.11. The number of hydrogen-bond acceptors (Lipinski definition) is 4. The first-order valence-electron chi connectivity index (χ1n) is 6.92. The van der Waals surface area contributed by atoms with Crippen molar-refractivity contribution in [3.05, 3.63) is 24.2 Å². The number of ether oxygens (including phenoxy) is 1. The average Bonchev–Trinajstić information content (AvgIpc) is 2.92. The minimum absolute atomic E-state index is 0.0387. The fraction of sp³-hybridized carbons (Fsp3) is 0.643. The van der Waals surface area contributed by atoms with Crippen molar-refractivity contribution in [2.24, 2.45) is 0 Å².